The van der Waals surface area contributed by atoms with E-state index in [4.69, 9.17) is 0 Å². The number of nitrogens with zero attached hydrogens (tertiary/aromatic N) is 3. The SMILES string of the molecule is CCN1C(=O)N/C(=C\c2cc(C)n(-c3ccc(N(CC)CC)cc3)c2C)C1=O. The van der Waals surface area contributed by atoms with E-state index in [9.17, 15) is 9.59 Å². The molecule has 0 atom stereocenters. The van der Waals surface area contributed by atoms with Crippen molar-refractivity contribution >= 4 is 23.7 Å². The number of carbonyl (C=O) groups excluding carboxylic acids is 2. The van der Waals surface area contributed by atoms with Crippen LogP contribution in [0, 0.1) is 13.8 Å². The number of imide groups is 1. The first kappa shape index (κ1) is 19.7. The summed E-state index contributed by atoms with van der Waals surface area (Å²) < 4.78 is 2.16. The number of urea groups is 1. The van der Waals surface area contributed by atoms with Crippen LogP contribution in [0.4, 0.5) is 10.5 Å². The Morgan fingerprint density at radius 1 is 1.04 bits per heavy atom. The number of benzene rings is 1. The number of aromatic nitrogens is 1. The highest BCUT2D eigenvalue weighted by Gasteiger charge is 2.32. The fraction of sp³-hybridized carbons (Fsp3) is 0.364. The molecule has 6 heteroatoms. The van der Waals surface area contributed by atoms with Crippen LogP contribution in [0.25, 0.3) is 11.8 Å². The van der Waals surface area contributed by atoms with Crippen molar-refractivity contribution in [2.24, 2.45) is 0 Å². The predicted molar refractivity (Wildman–Crippen MR) is 113 cm³/mol. The highest BCUT2D eigenvalue weighted by molar-refractivity contribution is 6.14. The smallest absolute Gasteiger partial charge is 0.328 e. The van der Waals surface area contributed by atoms with Crippen LogP contribution in [-0.2, 0) is 4.79 Å². The summed E-state index contributed by atoms with van der Waals surface area (Å²) in [5.74, 6) is -0.277. The predicted octanol–water partition coefficient (Wildman–Crippen LogP) is 3.85. The molecule has 148 valence electrons. The number of carbonyl (C=O) groups is 2. The van der Waals surface area contributed by atoms with E-state index in [-0.39, 0.29) is 11.9 Å². The van der Waals surface area contributed by atoms with Crippen LogP contribution in [0.2, 0.25) is 0 Å². The lowest BCUT2D eigenvalue weighted by atomic mass is 10.2. The van der Waals surface area contributed by atoms with Crippen molar-refractivity contribution < 1.29 is 9.59 Å². The van der Waals surface area contributed by atoms with Gasteiger partial charge in [0.25, 0.3) is 5.91 Å². The fourth-order valence-corrected chi connectivity index (χ4v) is 3.75. The lowest BCUT2D eigenvalue weighted by Crippen LogP contribution is -2.30. The Bertz CT molecular complexity index is 921. The molecule has 28 heavy (non-hydrogen) atoms. The minimum absolute atomic E-state index is 0.277. The average Bonchev–Trinajstić information content (AvgIpc) is 3.11. The molecular formula is C22H28N4O2. The molecule has 3 rings (SSSR count). The molecule has 1 aromatic carbocycles. The van der Waals surface area contributed by atoms with Crippen LogP contribution < -0.4 is 10.2 Å². The average molecular weight is 380 g/mol. The molecule has 3 amide bonds. The second kappa shape index (κ2) is 7.92. The Kier molecular flexibility index (Phi) is 5.58. The Balaban J connectivity index is 1.94. The van der Waals surface area contributed by atoms with E-state index >= 15 is 0 Å². The Labute approximate surface area is 166 Å². The first-order valence-corrected chi connectivity index (χ1v) is 9.80. The van der Waals surface area contributed by atoms with Crippen molar-refractivity contribution in [3.8, 4) is 5.69 Å². The normalized spacial score (nSPS) is 15.5. The Hall–Kier alpha value is -3.02. The van der Waals surface area contributed by atoms with Gasteiger partial charge in [-0.25, -0.2) is 4.79 Å². The lowest BCUT2D eigenvalue weighted by molar-refractivity contribution is -0.122. The zero-order valence-electron chi connectivity index (χ0n) is 17.2. The van der Waals surface area contributed by atoms with Gasteiger partial charge in [-0.15, -0.1) is 0 Å². The van der Waals surface area contributed by atoms with Crippen molar-refractivity contribution in [1.82, 2.24) is 14.8 Å². The van der Waals surface area contributed by atoms with E-state index in [1.54, 1.807) is 13.0 Å². The molecule has 1 aromatic heterocycles. The van der Waals surface area contributed by atoms with Crippen LogP contribution in [0.15, 0.2) is 36.0 Å². The van der Waals surface area contributed by atoms with Crippen molar-refractivity contribution in [2.75, 3.05) is 24.5 Å². The molecule has 2 heterocycles. The van der Waals surface area contributed by atoms with Gasteiger partial charge in [0.15, 0.2) is 0 Å². The highest BCUT2D eigenvalue weighted by atomic mass is 16.2. The first-order chi connectivity index (χ1) is 13.4. The lowest BCUT2D eigenvalue weighted by Gasteiger charge is -2.21. The van der Waals surface area contributed by atoms with Crippen LogP contribution in [0.3, 0.4) is 0 Å². The summed E-state index contributed by atoms with van der Waals surface area (Å²) in [6.07, 6.45) is 1.76. The number of anilines is 1. The summed E-state index contributed by atoms with van der Waals surface area (Å²) in [4.78, 5) is 27.7. The minimum atomic E-state index is -0.362. The van der Waals surface area contributed by atoms with Crippen molar-refractivity contribution in [1.29, 1.82) is 0 Å². The zero-order chi connectivity index (χ0) is 20.4. The monoisotopic (exact) mass is 380 g/mol. The maximum Gasteiger partial charge on any atom is 0.328 e. The number of nitrogens with one attached hydrogen (secondary N) is 1. The standard InChI is InChI=1S/C22H28N4O2/c1-6-24(7-2)18-9-11-19(12-10-18)26-15(4)13-17(16(26)5)14-20-21(27)25(8-3)22(28)23-20/h9-14H,6-8H2,1-5H3,(H,23,28)/b20-14-. The summed E-state index contributed by atoms with van der Waals surface area (Å²) in [6, 6.07) is 10.2. The summed E-state index contributed by atoms with van der Waals surface area (Å²) in [5, 5.41) is 2.67. The van der Waals surface area contributed by atoms with Gasteiger partial charge >= 0.3 is 6.03 Å². The van der Waals surface area contributed by atoms with Gasteiger partial charge in [0.05, 0.1) is 0 Å². The molecule has 0 radical (unpaired) electrons. The summed E-state index contributed by atoms with van der Waals surface area (Å²) in [6.45, 7) is 12.5. The number of rotatable bonds is 6. The topological polar surface area (TPSA) is 57.6 Å². The van der Waals surface area contributed by atoms with E-state index in [1.165, 1.54) is 10.6 Å². The third-order valence-corrected chi connectivity index (χ3v) is 5.29. The zero-order valence-corrected chi connectivity index (χ0v) is 17.2. The maximum absolute atomic E-state index is 12.3. The quantitative estimate of drug-likeness (QED) is 0.612. The van der Waals surface area contributed by atoms with Gasteiger partial charge in [-0.1, -0.05) is 0 Å². The van der Waals surface area contributed by atoms with Crippen LogP contribution in [0.5, 0.6) is 0 Å². The van der Waals surface area contributed by atoms with Gasteiger partial charge in [-0.3, -0.25) is 9.69 Å². The van der Waals surface area contributed by atoms with Crippen LogP contribution >= 0.6 is 0 Å². The molecule has 0 unspecified atom stereocenters. The van der Waals surface area contributed by atoms with Gasteiger partial charge in [-0.2, -0.15) is 0 Å². The van der Waals surface area contributed by atoms with Gasteiger partial charge < -0.3 is 14.8 Å². The molecule has 0 spiro atoms. The molecule has 0 saturated carbocycles. The van der Waals surface area contributed by atoms with Crippen LogP contribution in [-0.4, -0.2) is 41.0 Å². The number of likely N-dealkylation sites (N-methyl/N-ethyl adjacent to an activating group) is 1. The second-order valence-corrected chi connectivity index (χ2v) is 6.89. The number of hydrogen-bond donors (Lipinski definition) is 1. The molecule has 1 aliphatic heterocycles. The van der Waals surface area contributed by atoms with Gasteiger partial charge in [0.1, 0.15) is 5.70 Å². The third-order valence-electron chi connectivity index (χ3n) is 5.29. The molecule has 1 saturated heterocycles. The highest BCUT2D eigenvalue weighted by Crippen LogP contribution is 2.25. The van der Waals surface area contributed by atoms with Crippen molar-refractivity contribution in [3.05, 3.63) is 53.0 Å². The summed E-state index contributed by atoms with van der Waals surface area (Å²) in [5.41, 5.74) is 5.63. The number of aryl methyl sites for hydroxylation is 1. The molecular weight excluding hydrogens is 352 g/mol. The largest absolute Gasteiger partial charge is 0.372 e. The molecule has 2 aromatic rings. The van der Waals surface area contributed by atoms with Crippen molar-refractivity contribution in [2.45, 2.75) is 34.6 Å². The van der Waals surface area contributed by atoms with E-state index in [2.05, 4.69) is 52.9 Å². The van der Waals surface area contributed by atoms with E-state index in [0.717, 1.165) is 35.7 Å². The summed E-state index contributed by atoms with van der Waals surface area (Å²) in [7, 11) is 0. The second-order valence-electron chi connectivity index (χ2n) is 6.89. The molecule has 1 N–H and O–H groups in total. The Morgan fingerprint density at radius 3 is 2.21 bits per heavy atom. The van der Waals surface area contributed by atoms with Gasteiger partial charge in [0.2, 0.25) is 0 Å². The summed E-state index contributed by atoms with van der Waals surface area (Å²) >= 11 is 0. The van der Waals surface area contributed by atoms with Crippen molar-refractivity contribution in [3.63, 3.8) is 0 Å². The van der Waals surface area contributed by atoms with E-state index < -0.39 is 0 Å². The minimum Gasteiger partial charge on any atom is -0.372 e. The number of amides is 3. The number of hydrogen-bond acceptors (Lipinski definition) is 3. The Morgan fingerprint density at radius 2 is 1.68 bits per heavy atom. The molecule has 0 aliphatic carbocycles. The van der Waals surface area contributed by atoms with Gasteiger partial charge in [0, 0.05) is 42.4 Å². The van der Waals surface area contributed by atoms with Crippen LogP contribution in [0.1, 0.15) is 37.7 Å². The van der Waals surface area contributed by atoms with E-state index in [1.807, 2.05) is 19.9 Å². The molecule has 1 aliphatic rings. The maximum atomic E-state index is 12.3. The first-order valence-electron chi connectivity index (χ1n) is 9.80. The molecule has 1 fully saturated rings. The fourth-order valence-electron chi connectivity index (χ4n) is 3.75. The molecule has 6 nitrogen and oxygen atoms in total. The van der Waals surface area contributed by atoms with Gasteiger partial charge in [-0.05, 0) is 76.6 Å². The third kappa shape index (κ3) is 3.42. The van der Waals surface area contributed by atoms with E-state index in [0.29, 0.717) is 12.2 Å². The molecule has 0 bridgehead atoms.